The van der Waals surface area contributed by atoms with Crippen LogP contribution in [-0.4, -0.2) is 13.1 Å². The van der Waals surface area contributed by atoms with Crippen LogP contribution in [0.4, 0.5) is 0 Å². The first-order valence-corrected chi connectivity index (χ1v) is 4.44. The summed E-state index contributed by atoms with van der Waals surface area (Å²) in [4.78, 5) is 11.1. The minimum absolute atomic E-state index is 0.343. The highest BCUT2D eigenvalue weighted by Crippen LogP contribution is 2.14. The molecular weight excluding hydrogens is 168 g/mol. The summed E-state index contributed by atoms with van der Waals surface area (Å²) in [5.41, 5.74) is 0.939. The number of hydrogen-bond acceptors (Lipinski definition) is 3. The number of esters is 1. The molecule has 72 valence electrons. The molecule has 0 N–H and O–H groups in total. The first-order chi connectivity index (χ1) is 6.29. The van der Waals surface area contributed by atoms with Crippen molar-refractivity contribution < 1.29 is 13.9 Å². The molecule has 1 rings (SSSR count). The van der Waals surface area contributed by atoms with Gasteiger partial charge in [-0.2, -0.15) is 0 Å². The third-order valence-electron chi connectivity index (χ3n) is 1.92. The molecule has 0 spiro atoms. The van der Waals surface area contributed by atoms with Gasteiger partial charge < -0.3 is 9.15 Å². The van der Waals surface area contributed by atoms with E-state index in [0.717, 1.165) is 24.8 Å². The monoisotopic (exact) mass is 182 g/mol. The molecule has 0 aliphatic carbocycles. The van der Waals surface area contributed by atoms with Crippen molar-refractivity contribution in [3.63, 3.8) is 0 Å². The molecule has 0 saturated heterocycles. The second-order valence-corrected chi connectivity index (χ2v) is 2.87. The molecule has 0 radical (unpaired) electrons. The molecule has 3 nitrogen and oxygen atoms in total. The maximum Gasteiger partial charge on any atom is 0.374 e. The number of carbonyl (C=O) groups is 1. The van der Waals surface area contributed by atoms with E-state index in [9.17, 15) is 4.79 Å². The highest BCUT2D eigenvalue weighted by molar-refractivity contribution is 5.87. The summed E-state index contributed by atoms with van der Waals surface area (Å²) in [5, 5.41) is 0. The predicted molar refractivity (Wildman–Crippen MR) is 48.7 cm³/mol. The van der Waals surface area contributed by atoms with E-state index in [1.807, 2.05) is 6.07 Å². The van der Waals surface area contributed by atoms with Crippen LogP contribution in [0.5, 0.6) is 0 Å². The van der Waals surface area contributed by atoms with Crippen LogP contribution in [0.2, 0.25) is 0 Å². The van der Waals surface area contributed by atoms with Gasteiger partial charge in [0.15, 0.2) is 0 Å². The molecule has 3 heteroatoms. The van der Waals surface area contributed by atoms with Gasteiger partial charge in [-0.1, -0.05) is 13.3 Å². The largest absolute Gasteiger partial charge is 0.463 e. The molecule has 0 atom stereocenters. The Balaban J connectivity index is 2.71. The molecule has 0 fully saturated rings. The van der Waals surface area contributed by atoms with E-state index in [1.165, 1.54) is 13.4 Å². The first kappa shape index (κ1) is 9.84. The van der Waals surface area contributed by atoms with Gasteiger partial charge in [-0.25, -0.2) is 4.79 Å². The van der Waals surface area contributed by atoms with Gasteiger partial charge in [0.25, 0.3) is 0 Å². The van der Waals surface area contributed by atoms with Crippen LogP contribution in [0, 0.1) is 0 Å². The van der Waals surface area contributed by atoms with Crippen molar-refractivity contribution in [3.8, 4) is 0 Å². The van der Waals surface area contributed by atoms with Crippen molar-refractivity contribution in [1.29, 1.82) is 0 Å². The van der Waals surface area contributed by atoms with Gasteiger partial charge in [0.1, 0.15) is 0 Å². The van der Waals surface area contributed by atoms with Gasteiger partial charge in [0.2, 0.25) is 5.76 Å². The Hall–Kier alpha value is -1.25. The molecule has 0 unspecified atom stereocenters. The van der Waals surface area contributed by atoms with Crippen molar-refractivity contribution in [2.75, 3.05) is 7.11 Å². The number of rotatable bonds is 4. The number of methoxy groups -OCH3 is 1. The number of unbranched alkanes of at least 4 members (excludes halogenated alkanes) is 1. The lowest BCUT2D eigenvalue weighted by molar-refractivity contribution is 0.0563. The molecule has 0 amide bonds. The zero-order valence-electron chi connectivity index (χ0n) is 8.00. The minimum Gasteiger partial charge on any atom is -0.463 e. The number of ether oxygens (including phenoxy) is 1. The normalized spacial score (nSPS) is 10.0. The summed E-state index contributed by atoms with van der Waals surface area (Å²) >= 11 is 0. The molecule has 0 aliphatic rings. The Labute approximate surface area is 77.7 Å². The van der Waals surface area contributed by atoms with Crippen LogP contribution >= 0.6 is 0 Å². The van der Waals surface area contributed by atoms with E-state index in [1.54, 1.807) is 0 Å². The van der Waals surface area contributed by atoms with Gasteiger partial charge in [-0.15, -0.1) is 0 Å². The van der Waals surface area contributed by atoms with E-state index in [-0.39, 0.29) is 0 Å². The summed E-state index contributed by atoms with van der Waals surface area (Å²) < 4.78 is 9.62. The minimum atomic E-state index is -0.392. The third kappa shape index (κ3) is 2.34. The maximum absolute atomic E-state index is 11.1. The topological polar surface area (TPSA) is 39.4 Å². The Morgan fingerprint density at radius 3 is 3.00 bits per heavy atom. The summed E-state index contributed by atoms with van der Waals surface area (Å²) in [7, 11) is 1.36. The fourth-order valence-electron chi connectivity index (χ4n) is 1.17. The van der Waals surface area contributed by atoms with Crippen molar-refractivity contribution in [3.05, 3.63) is 23.7 Å². The van der Waals surface area contributed by atoms with Gasteiger partial charge in [0, 0.05) is 5.56 Å². The van der Waals surface area contributed by atoms with Crippen LogP contribution in [0.15, 0.2) is 16.7 Å². The fraction of sp³-hybridized carbons (Fsp3) is 0.500. The van der Waals surface area contributed by atoms with Crippen LogP contribution in [0.25, 0.3) is 0 Å². The van der Waals surface area contributed by atoms with E-state index in [2.05, 4.69) is 11.7 Å². The van der Waals surface area contributed by atoms with Gasteiger partial charge in [0.05, 0.1) is 13.4 Å². The molecule has 1 heterocycles. The van der Waals surface area contributed by atoms with Crippen molar-refractivity contribution in [2.45, 2.75) is 26.2 Å². The Morgan fingerprint density at radius 2 is 2.38 bits per heavy atom. The standard InChI is InChI=1S/C10H14O3/c1-3-4-5-8-6-7-13-9(8)10(11)12-2/h6-7H,3-5H2,1-2H3. The maximum atomic E-state index is 11.1. The Kier molecular flexibility index (Phi) is 3.55. The van der Waals surface area contributed by atoms with Crippen LogP contribution < -0.4 is 0 Å². The number of carbonyl (C=O) groups excluding carboxylic acids is 1. The second-order valence-electron chi connectivity index (χ2n) is 2.87. The van der Waals surface area contributed by atoms with Crippen molar-refractivity contribution in [2.24, 2.45) is 0 Å². The lowest BCUT2D eigenvalue weighted by Gasteiger charge is -1.98. The van der Waals surface area contributed by atoms with Gasteiger partial charge >= 0.3 is 5.97 Å². The highest BCUT2D eigenvalue weighted by Gasteiger charge is 2.14. The van der Waals surface area contributed by atoms with Gasteiger partial charge in [-0.05, 0) is 18.9 Å². The molecule has 0 saturated carbocycles. The van der Waals surface area contributed by atoms with E-state index >= 15 is 0 Å². The van der Waals surface area contributed by atoms with Crippen molar-refractivity contribution >= 4 is 5.97 Å². The molecule has 0 aliphatic heterocycles. The zero-order valence-corrected chi connectivity index (χ0v) is 8.00. The van der Waals surface area contributed by atoms with Crippen LogP contribution in [0.1, 0.15) is 35.9 Å². The average Bonchev–Trinajstić information content (AvgIpc) is 2.61. The van der Waals surface area contributed by atoms with Crippen LogP contribution in [-0.2, 0) is 11.2 Å². The number of aryl methyl sites for hydroxylation is 1. The zero-order chi connectivity index (χ0) is 9.68. The molecule has 0 bridgehead atoms. The Morgan fingerprint density at radius 1 is 1.62 bits per heavy atom. The Bertz CT molecular complexity index is 275. The predicted octanol–water partition coefficient (Wildman–Crippen LogP) is 2.41. The lowest BCUT2D eigenvalue weighted by atomic mass is 10.1. The quantitative estimate of drug-likeness (QED) is 0.671. The lowest BCUT2D eigenvalue weighted by Crippen LogP contribution is -2.02. The molecule has 13 heavy (non-hydrogen) atoms. The SMILES string of the molecule is CCCCc1ccoc1C(=O)OC. The summed E-state index contributed by atoms with van der Waals surface area (Å²) in [5.74, 6) is -0.0490. The average molecular weight is 182 g/mol. The van der Waals surface area contributed by atoms with Gasteiger partial charge in [-0.3, -0.25) is 0 Å². The van der Waals surface area contributed by atoms with E-state index in [0.29, 0.717) is 5.76 Å². The smallest absolute Gasteiger partial charge is 0.374 e. The summed E-state index contributed by atoms with van der Waals surface area (Å²) in [6.07, 6.45) is 4.56. The van der Waals surface area contributed by atoms with Crippen LogP contribution in [0.3, 0.4) is 0 Å². The number of hydrogen-bond donors (Lipinski definition) is 0. The first-order valence-electron chi connectivity index (χ1n) is 4.44. The van der Waals surface area contributed by atoms with E-state index in [4.69, 9.17) is 4.42 Å². The molecule has 1 aromatic heterocycles. The van der Waals surface area contributed by atoms with Crippen molar-refractivity contribution in [1.82, 2.24) is 0 Å². The molecular formula is C10H14O3. The fourth-order valence-corrected chi connectivity index (χ4v) is 1.17. The third-order valence-corrected chi connectivity index (χ3v) is 1.92. The second kappa shape index (κ2) is 4.70. The van der Waals surface area contributed by atoms with E-state index < -0.39 is 5.97 Å². The molecule has 1 aromatic rings. The number of furan rings is 1. The summed E-state index contributed by atoms with van der Waals surface area (Å²) in [6, 6.07) is 1.82. The summed E-state index contributed by atoms with van der Waals surface area (Å²) in [6.45, 7) is 2.11. The molecule has 0 aromatic carbocycles. The highest BCUT2D eigenvalue weighted by atomic mass is 16.5.